The number of para-hydroxylation sites is 1. The van der Waals surface area contributed by atoms with E-state index >= 15 is 0 Å². The monoisotopic (exact) mass is 343 g/mol. The van der Waals surface area contributed by atoms with Gasteiger partial charge in [0.2, 0.25) is 0 Å². The van der Waals surface area contributed by atoms with E-state index in [9.17, 15) is 9.90 Å². The number of carbonyl (C=O) groups excluding carboxylic acids is 1. The van der Waals surface area contributed by atoms with Crippen molar-refractivity contribution in [2.45, 2.75) is 39.3 Å². The van der Waals surface area contributed by atoms with Crippen LogP contribution in [0.5, 0.6) is 5.75 Å². The third-order valence-electron chi connectivity index (χ3n) is 2.83. The fourth-order valence-electron chi connectivity index (χ4n) is 1.85. The summed E-state index contributed by atoms with van der Waals surface area (Å²) in [5.74, 6) is 0.812. The molecule has 0 bridgehead atoms. The summed E-state index contributed by atoms with van der Waals surface area (Å²) < 4.78 is 6.42. The molecule has 20 heavy (non-hydrogen) atoms. The summed E-state index contributed by atoms with van der Waals surface area (Å²) in [6.07, 6.45) is 0.124. The molecule has 0 saturated carbocycles. The molecule has 0 fully saturated rings. The van der Waals surface area contributed by atoms with Crippen LogP contribution in [0.1, 0.15) is 27.2 Å². The number of aliphatic hydroxyl groups excluding tert-OH is 1. The van der Waals surface area contributed by atoms with Gasteiger partial charge in [0.15, 0.2) is 6.10 Å². The van der Waals surface area contributed by atoms with Gasteiger partial charge in [-0.15, -0.1) is 0 Å². The predicted octanol–water partition coefficient (Wildman–Crippen LogP) is 2.74. The first-order valence-electron chi connectivity index (χ1n) is 6.76. The van der Waals surface area contributed by atoms with Crippen LogP contribution >= 0.6 is 15.9 Å². The Labute approximate surface area is 128 Å². The summed E-state index contributed by atoms with van der Waals surface area (Å²) in [6, 6.07) is 7.15. The minimum absolute atomic E-state index is 0.0638. The molecule has 0 heterocycles. The molecular weight excluding hydrogens is 322 g/mol. The highest BCUT2D eigenvalue weighted by Crippen LogP contribution is 2.24. The average molecular weight is 344 g/mol. The van der Waals surface area contributed by atoms with E-state index in [1.54, 1.807) is 13.0 Å². The lowest BCUT2D eigenvalue weighted by molar-refractivity contribution is -0.128. The van der Waals surface area contributed by atoms with Gasteiger partial charge in [-0.3, -0.25) is 4.79 Å². The lowest BCUT2D eigenvalue weighted by Gasteiger charge is -2.21. The van der Waals surface area contributed by atoms with E-state index in [1.807, 2.05) is 18.2 Å². The highest BCUT2D eigenvalue weighted by molar-refractivity contribution is 9.10. The molecule has 0 aliphatic carbocycles. The van der Waals surface area contributed by atoms with Gasteiger partial charge in [-0.1, -0.05) is 26.0 Å². The lowest BCUT2D eigenvalue weighted by atomic mass is 10.0. The summed E-state index contributed by atoms with van der Waals surface area (Å²) in [7, 11) is 0. The van der Waals surface area contributed by atoms with Crippen LogP contribution < -0.4 is 10.1 Å². The van der Waals surface area contributed by atoms with Crippen molar-refractivity contribution in [3.8, 4) is 5.75 Å². The van der Waals surface area contributed by atoms with Gasteiger partial charge in [0.05, 0.1) is 17.1 Å². The molecule has 2 atom stereocenters. The standard InChI is InChI=1S/C15H22BrNO3/c1-10(2)8-12(9-18)17-15(19)11(3)20-14-7-5-4-6-13(14)16/h4-7,10-12,18H,8-9H2,1-3H3,(H,17,19). The van der Waals surface area contributed by atoms with Gasteiger partial charge >= 0.3 is 0 Å². The summed E-state index contributed by atoms with van der Waals surface area (Å²) in [4.78, 5) is 12.0. The molecule has 0 aliphatic heterocycles. The molecule has 1 rings (SSSR count). The van der Waals surface area contributed by atoms with Crippen LogP contribution in [0.3, 0.4) is 0 Å². The van der Waals surface area contributed by atoms with E-state index in [-0.39, 0.29) is 18.6 Å². The molecule has 1 amide bonds. The number of halogens is 1. The highest BCUT2D eigenvalue weighted by atomic mass is 79.9. The second-order valence-electron chi connectivity index (χ2n) is 5.21. The van der Waals surface area contributed by atoms with Crippen molar-refractivity contribution in [1.82, 2.24) is 5.32 Å². The Morgan fingerprint density at radius 1 is 1.35 bits per heavy atom. The number of hydrogen-bond donors (Lipinski definition) is 2. The number of aliphatic hydroxyl groups is 1. The second-order valence-corrected chi connectivity index (χ2v) is 6.06. The number of benzene rings is 1. The average Bonchev–Trinajstić information content (AvgIpc) is 2.39. The predicted molar refractivity (Wildman–Crippen MR) is 82.7 cm³/mol. The Balaban J connectivity index is 2.56. The first kappa shape index (κ1) is 17.0. The zero-order valence-corrected chi connectivity index (χ0v) is 13.7. The van der Waals surface area contributed by atoms with Gasteiger partial charge in [0.25, 0.3) is 5.91 Å². The minimum Gasteiger partial charge on any atom is -0.480 e. The largest absolute Gasteiger partial charge is 0.480 e. The van der Waals surface area contributed by atoms with E-state index in [1.165, 1.54) is 0 Å². The lowest BCUT2D eigenvalue weighted by Crippen LogP contribution is -2.44. The highest BCUT2D eigenvalue weighted by Gasteiger charge is 2.20. The zero-order chi connectivity index (χ0) is 15.1. The van der Waals surface area contributed by atoms with Crippen molar-refractivity contribution in [3.05, 3.63) is 28.7 Å². The van der Waals surface area contributed by atoms with Crippen molar-refractivity contribution in [1.29, 1.82) is 0 Å². The van der Waals surface area contributed by atoms with Gasteiger partial charge in [0, 0.05) is 0 Å². The summed E-state index contributed by atoms with van der Waals surface area (Å²) in [6.45, 7) is 5.73. The molecule has 112 valence electrons. The van der Waals surface area contributed by atoms with Crippen LogP contribution in [0.15, 0.2) is 28.7 Å². The van der Waals surface area contributed by atoms with Gasteiger partial charge < -0.3 is 15.2 Å². The van der Waals surface area contributed by atoms with Gasteiger partial charge in [-0.25, -0.2) is 0 Å². The van der Waals surface area contributed by atoms with E-state index in [0.29, 0.717) is 11.7 Å². The fourth-order valence-corrected chi connectivity index (χ4v) is 2.23. The SMILES string of the molecule is CC(C)CC(CO)NC(=O)C(C)Oc1ccccc1Br. The van der Waals surface area contributed by atoms with E-state index in [0.717, 1.165) is 10.9 Å². The number of ether oxygens (including phenoxy) is 1. The number of nitrogens with one attached hydrogen (secondary N) is 1. The van der Waals surface area contributed by atoms with Crippen LogP contribution in [0.25, 0.3) is 0 Å². The fraction of sp³-hybridized carbons (Fsp3) is 0.533. The molecule has 0 aromatic heterocycles. The summed E-state index contributed by atoms with van der Waals surface area (Å²) in [5, 5.41) is 12.1. The maximum Gasteiger partial charge on any atom is 0.261 e. The van der Waals surface area contributed by atoms with Crippen molar-refractivity contribution >= 4 is 21.8 Å². The Hall–Kier alpha value is -1.07. The number of hydrogen-bond acceptors (Lipinski definition) is 3. The van der Waals surface area contributed by atoms with Crippen LogP contribution in [0.2, 0.25) is 0 Å². The molecular formula is C15H22BrNO3. The molecule has 5 heteroatoms. The molecule has 0 spiro atoms. The first-order valence-corrected chi connectivity index (χ1v) is 7.55. The maximum absolute atomic E-state index is 12.0. The molecule has 2 N–H and O–H groups in total. The quantitative estimate of drug-likeness (QED) is 0.800. The maximum atomic E-state index is 12.0. The Kier molecular flexibility index (Phi) is 7.02. The molecule has 0 aliphatic rings. The third kappa shape index (κ3) is 5.51. The molecule has 0 saturated heterocycles. The summed E-state index contributed by atoms with van der Waals surface area (Å²) >= 11 is 3.37. The van der Waals surface area contributed by atoms with Crippen molar-refractivity contribution in [2.24, 2.45) is 5.92 Å². The van der Waals surface area contributed by atoms with E-state index in [2.05, 4.69) is 35.1 Å². The third-order valence-corrected chi connectivity index (χ3v) is 3.49. The van der Waals surface area contributed by atoms with Crippen LogP contribution in [-0.2, 0) is 4.79 Å². The molecule has 1 aromatic rings. The Morgan fingerprint density at radius 2 is 2.00 bits per heavy atom. The minimum atomic E-state index is -0.616. The van der Waals surface area contributed by atoms with Crippen molar-refractivity contribution < 1.29 is 14.6 Å². The van der Waals surface area contributed by atoms with E-state index < -0.39 is 6.10 Å². The molecule has 1 aromatic carbocycles. The zero-order valence-electron chi connectivity index (χ0n) is 12.1. The van der Waals surface area contributed by atoms with Crippen molar-refractivity contribution in [3.63, 3.8) is 0 Å². The van der Waals surface area contributed by atoms with Gasteiger partial charge in [0.1, 0.15) is 5.75 Å². The van der Waals surface area contributed by atoms with Crippen LogP contribution in [0.4, 0.5) is 0 Å². The topological polar surface area (TPSA) is 58.6 Å². The number of amides is 1. The number of carbonyl (C=O) groups is 1. The summed E-state index contributed by atoms with van der Waals surface area (Å²) in [5.41, 5.74) is 0. The Morgan fingerprint density at radius 3 is 2.55 bits per heavy atom. The van der Waals surface area contributed by atoms with Crippen LogP contribution in [0, 0.1) is 5.92 Å². The number of rotatable bonds is 7. The normalized spacial score (nSPS) is 13.9. The second kappa shape index (κ2) is 8.27. The molecule has 2 unspecified atom stereocenters. The Bertz CT molecular complexity index is 437. The molecule has 4 nitrogen and oxygen atoms in total. The van der Waals surface area contributed by atoms with Crippen molar-refractivity contribution in [2.75, 3.05) is 6.61 Å². The van der Waals surface area contributed by atoms with Gasteiger partial charge in [-0.2, -0.15) is 0 Å². The molecule has 0 radical (unpaired) electrons. The van der Waals surface area contributed by atoms with Gasteiger partial charge in [-0.05, 0) is 47.3 Å². The van der Waals surface area contributed by atoms with Crippen LogP contribution in [-0.4, -0.2) is 29.8 Å². The smallest absolute Gasteiger partial charge is 0.261 e. The first-order chi connectivity index (χ1) is 9.43. The van der Waals surface area contributed by atoms with E-state index in [4.69, 9.17) is 4.74 Å².